The van der Waals surface area contributed by atoms with Crippen molar-refractivity contribution < 1.29 is 8.42 Å². The lowest BCUT2D eigenvalue weighted by molar-refractivity contribution is 0.238. The van der Waals surface area contributed by atoms with Gasteiger partial charge in [-0.15, -0.1) is 12.4 Å². The van der Waals surface area contributed by atoms with Crippen molar-refractivity contribution in [1.29, 1.82) is 0 Å². The maximum Gasteiger partial charge on any atom is 0.215 e. The summed E-state index contributed by atoms with van der Waals surface area (Å²) in [6.07, 6.45) is 2.17. The Morgan fingerprint density at radius 1 is 1.30 bits per heavy atom. The molecule has 1 aliphatic heterocycles. The minimum atomic E-state index is -3.25. The molecule has 1 atom stereocenters. The molecular weight excluding hydrogens is 296 g/mol. The number of halogens is 1. The summed E-state index contributed by atoms with van der Waals surface area (Å²) >= 11 is 0. The predicted molar refractivity (Wildman–Crippen MR) is 84.5 cm³/mol. The van der Waals surface area contributed by atoms with E-state index in [4.69, 9.17) is 0 Å². The number of sulfonamides is 1. The Balaban J connectivity index is 0.00000200. The fourth-order valence-electron chi connectivity index (χ4n) is 2.40. The molecule has 0 aromatic heterocycles. The number of piperidine rings is 1. The molecule has 114 valence electrons. The third kappa shape index (κ3) is 5.40. The average molecular weight is 319 g/mol. The Hall–Kier alpha value is -0.620. The Bertz CT molecular complexity index is 499. The van der Waals surface area contributed by atoms with Crippen LogP contribution < -0.4 is 10.0 Å². The van der Waals surface area contributed by atoms with Gasteiger partial charge in [0.05, 0.1) is 5.75 Å². The van der Waals surface area contributed by atoms with Gasteiger partial charge in [-0.25, -0.2) is 13.1 Å². The van der Waals surface area contributed by atoms with Crippen molar-refractivity contribution in [3.8, 4) is 0 Å². The van der Waals surface area contributed by atoms with Crippen LogP contribution in [0.15, 0.2) is 30.3 Å². The van der Waals surface area contributed by atoms with Crippen LogP contribution in [0.5, 0.6) is 0 Å². The maximum absolute atomic E-state index is 12.1. The largest absolute Gasteiger partial charge is 0.316 e. The smallest absolute Gasteiger partial charge is 0.215 e. The van der Waals surface area contributed by atoms with Gasteiger partial charge in [-0.1, -0.05) is 37.3 Å². The third-order valence-electron chi connectivity index (χ3n) is 3.60. The van der Waals surface area contributed by atoms with Crippen LogP contribution in [0.1, 0.15) is 25.3 Å². The second kappa shape index (κ2) is 7.41. The molecule has 1 saturated heterocycles. The summed E-state index contributed by atoms with van der Waals surface area (Å²) in [6.45, 7) is 4.55. The summed E-state index contributed by atoms with van der Waals surface area (Å²) in [7, 11) is -3.25. The first-order valence-corrected chi connectivity index (χ1v) is 8.36. The number of hydrogen-bond acceptors (Lipinski definition) is 3. The fourth-order valence-corrected chi connectivity index (χ4v) is 3.70. The van der Waals surface area contributed by atoms with E-state index in [0.717, 1.165) is 31.5 Å². The molecule has 4 nitrogen and oxygen atoms in total. The highest BCUT2D eigenvalue weighted by molar-refractivity contribution is 7.88. The number of rotatable bonds is 5. The van der Waals surface area contributed by atoms with Gasteiger partial charge in [-0.3, -0.25) is 0 Å². The van der Waals surface area contributed by atoms with Crippen molar-refractivity contribution in [3.63, 3.8) is 0 Å². The zero-order chi connectivity index (χ0) is 13.8. The van der Waals surface area contributed by atoms with Crippen molar-refractivity contribution in [2.24, 2.45) is 5.41 Å². The fraction of sp³-hybridized carbons (Fsp3) is 0.571. The van der Waals surface area contributed by atoms with Crippen molar-refractivity contribution in [1.82, 2.24) is 10.0 Å². The molecule has 1 aromatic carbocycles. The summed E-state index contributed by atoms with van der Waals surface area (Å²) < 4.78 is 26.9. The lowest BCUT2D eigenvalue weighted by atomic mass is 9.83. The summed E-state index contributed by atoms with van der Waals surface area (Å²) in [5.74, 6) is 0.0529. The monoisotopic (exact) mass is 318 g/mol. The quantitative estimate of drug-likeness (QED) is 0.872. The molecule has 1 aromatic rings. The molecular formula is C14H23ClN2O2S. The van der Waals surface area contributed by atoms with Gasteiger partial charge < -0.3 is 5.32 Å². The summed E-state index contributed by atoms with van der Waals surface area (Å²) in [4.78, 5) is 0. The van der Waals surface area contributed by atoms with Gasteiger partial charge in [0.25, 0.3) is 0 Å². The van der Waals surface area contributed by atoms with Crippen molar-refractivity contribution >= 4 is 22.4 Å². The first-order valence-electron chi connectivity index (χ1n) is 6.71. The number of hydrogen-bond donors (Lipinski definition) is 2. The molecule has 1 heterocycles. The molecule has 0 bridgehead atoms. The van der Waals surface area contributed by atoms with Crippen molar-refractivity contribution in [2.75, 3.05) is 19.6 Å². The first-order chi connectivity index (χ1) is 8.99. The lowest BCUT2D eigenvalue weighted by Gasteiger charge is -2.34. The van der Waals surface area contributed by atoms with Crippen LogP contribution in [0.25, 0.3) is 0 Å². The van der Waals surface area contributed by atoms with Gasteiger partial charge in [0.2, 0.25) is 10.0 Å². The normalized spacial score (nSPS) is 23.1. The zero-order valence-electron chi connectivity index (χ0n) is 11.8. The highest BCUT2D eigenvalue weighted by Crippen LogP contribution is 2.24. The lowest BCUT2D eigenvalue weighted by Crippen LogP contribution is -2.45. The van der Waals surface area contributed by atoms with E-state index in [2.05, 4.69) is 17.0 Å². The van der Waals surface area contributed by atoms with E-state index < -0.39 is 10.0 Å². The predicted octanol–water partition coefficient (Wildman–Crippen LogP) is 1.92. The molecule has 0 saturated carbocycles. The van der Waals surface area contributed by atoms with Crippen LogP contribution >= 0.6 is 12.4 Å². The SMILES string of the molecule is CC1(CNS(=O)(=O)Cc2ccccc2)CCCNC1.Cl. The van der Waals surface area contributed by atoms with E-state index in [-0.39, 0.29) is 23.6 Å². The van der Waals surface area contributed by atoms with Crippen molar-refractivity contribution in [3.05, 3.63) is 35.9 Å². The van der Waals surface area contributed by atoms with Crippen LogP contribution in [0, 0.1) is 5.41 Å². The zero-order valence-corrected chi connectivity index (χ0v) is 13.4. The molecule has 0 radical (unpaired) electrons. The maximum atomic E-state index is 12.1. The van der Waals surface area contributed by atoms with E-state index in [9.17, 15) is 8.42 Å². The van der Waals surface area contributed by atoms with E-state index in [1.165, 1.54) is 0 Å². The van der Waals surface area contributed by atoms with Crippen LogP contribution in [-0.4, -0.2) is 28.1 Å². The minimum Gasteiger partial charge on any atom is -0.316 e. The topological polar surface area (TPSA) is 58.2 Å². The Labute approximate surface area is 127 Å². The highest BCUT2D eigenvalue weighted by Gasteiger charge is 2.28. The minimum absolute atomic E-state index is 0. The van der Waals surface area contributed by atoms with Crippen LogP contribution in [0.4, 0.5) is 0 Å². The molecule has 0 aliphatic carbocycles. The Kier molecular flexibility index (Phi) is 6.45. The van der Waals surface area contributed by atoms with E-state index >= 15 is 0 Å². The molecule has 20 heavy (non-hydrogen) atoms. The molecule has 1 fully saturated rings. The molecule has 2 rings (SSSR count). The number of nitrogens with one attached hydrogen (secondary N) is 2. The standard InChI is InChI=1S/C14H22N2O2S.ClH/c1-14(8-5-9-15-11-14)12-16-19(17,18)10-13-6-3-2-4-7-13;/h2-4,6-7,15-16H,5,8-12H2,1H3;1H. The molecule has 0 amide bonds. The third-order valence-corrected chi connectivity index (χ3v) is 4.90. The van der Waals surface area contributed by atoms with Gasteiger partial charge in [-0.2, -0.15) is 0 Å². The van der Waals surface area contributed by atoms with Gasteiger partial charge in [-0.05, 0) is 30.4 Å². The Morgan fingerprint density at radius 3 is 2.60 bits per heavy atom. The first kappa shape index (κ1) is 17.4. The molecule has 0 spiro atoms. The molecule has 2 N–H and O–H groups in total. The van der Waals surface area contributed by atoms with E-state index in [0.29, 0.717) is 6.54 Å². The van der Waals surface area contributed by atoms with Crippen LogP contribution in [0.3, 0.4) is 0 Å². The van der Waals surface area contributed by atoms with Gasteiger partial charge >= 0.3 is 0 Å². The second-order valence-corrected chi connectivity index (χ2v) is 7.46. The summed E-state index contributed by atoms with van der Waals surface area (Å²) in [6, 6.07) is 9.28. The molecule has 1 unspecified atom stereocenters. The Morgan fingerprint density at radius 2 is 2.00 bits per heavy atom. The number of benzene rings is 1. The van der Waals surface area contributed by atoms with Gasteiger partial charge in [0.15, 0.2) is 0 Å². The molecule has 1 aliphatic rings. The van der Waals surface area contributed by atoms with Crippen LogP contribution in [-0.2, 0) is 15.8 Å². The van der Waals surface area contributed by atoms with Gasteiger partial charge in [0.1, 0.15) is 0 Å². The van der Waals surface area contributed by atoms with Crippen molar-refractivity contribution in [2.45, 2.75) is 25.5 Å². The second-order valence-electron chi connectivity index (χ2n) is 5.66. The highest BCUT2D eigenvalue weighted by atomic mass is 35.5. The average Bonchev–Trinajstić information content (AvgIpc) is 2.38. The van der Waals surface area contributed by atoms with E-state index in [1.54, 1.807) is 0 Å². The van der Waals surface area contributed by atoms with E-state index in [1.807, 2.05) is 30.3 Å². The summed E-state index contributed by atoms with van der Waals surface area (Å²) in [5, 5.41) is 3.33. The van der Waals surface area contributed by atoms with Crippen LogP contribution in [0.2, 0.25) is 0 Å². The summed E-state index contributed by atoms with van der Waals surface area (Å²) in [5.41, 5.74) is 0.851. The van der Waals surface area contributed by atoms with Gasteiger partial charge in [0, 0.05) is 13.1 Å². The molecule has 6 heteroatoms.